The lowest BCUT2D eigenvalue weighted by molar-refractivity contribution is -0.344. The van der Waals surface area contributed by atoms with Crippen molar-refractivity contribution in [3.8, 4) is 0 Å². The SMILES string of the molecule is CC(=O)OCC1OC(OCC2(C)CCCC3(C)C2CCC2(C)C3CCC3C2(C)CCC2(O)C4CCC32C(=O)OC4(C)C)C(OC2OC(CO)C(O)C2O)C(O)C1O. The highest BCUT2D eigenvalue weighted by atomic mass is 16.8. The topological polar surface area (TPSA) is 211 Å². The van der Waals surface area contributed by atoms with Crippen LogP contribution in [-0.4, -0.2) is 129 Å². The molecule has 6 N–H and O–H groups in total. The molecule has 5 aliphatic carbocycles. The molecule has 14 heteroatoms. The third-order valence-corrected chi connectivity index (χ3v) is 18.3. The Bertz CT molecular complexity index is 1580. The van der Waals surface area contributed by atoms with E-state index in [1.165, 1.54) is 6.92 Å². The van der Waals surface area contributed by atoms with Gasteiger partial charge >= 0.3 is 11.9 Å². The molecular weight excluding hydrogens is 740 g/mol. The molecule has 8 fully saturated rings. The van der Waals surface area contributed by atoms with Gasteiger partial charge in [0.25, 0.3) is 0 Å². The first-order chi connectivity index (χ1) is 26.6. The van der Waals surface area contributed by atoms with E-state index in [9.17, 15) is 40.2 Å². The smallest absolute Gasteiger partial charge is 0.315 e. The quantitative estimate of drug-likeness (QED) is 0.195. The van der Waals surface area contributed by atoms with Crippen LogP contribution in [0.2, 0.25) is 0 Å². The predicted molar refractivity (Wildman–Crippen MR) is 201 cm³/mol. The Labute approximate surface area is 336 Å². The molecule has 57 heavy (non-hydrogen) atoms. The van der Waals surface area contributed by atoms with Crippen molar-refractivity contribution in [2.45, 2.75) is 186 Å². The second kappa shape index (κ2) is 14.0. The maximum absolute atomic E-state index is 14.3. The molecule has 19 atom stereocenters. The highest BCUT2D eigenvalue weighted by Crippen LogP contribution is 2.80. The van der Waals surface area contributed by atoms with E-state index in [-0.39, 0.29) is 58.6 Å². The van der Waals surface area contributed by atoms with E-state index in [0.29, 0.717) is 18.8 Å². The van der Waals surface area contributed by atoms with Gasteiger partial charge in [-0.3, -0.25) is 9.59 Å². The Morgan fingerprint density at radius 3 is 2.07 bits per heavy atom. The largest absolute Gasteiger partial charge is 0.463 e. The van der Waals surface area contributed by atoms with Crippen LogP contribution in [0.3, 0.4) is 0 Å². The van der Waals surface area contributed by atoms with Crippen LogP contribution in [0.4, 0.5) is 0 Å². The van der Waals surface area contributed by atoms with Crippen molar-refractivity contribution in [1.82, 2.24) is 0 Å². The van der Waals surface area contributed by atoms with Crippen LogP contribution >= 0.6 is 0 Å². The van der Waals surface area contributed by atoms with Gasteiger partial charge in [-0.25, -0.2) is 0 Å². The van der Waals surface area contributed by atoms with E-state index in [2.05, 4.69) is 27.7 Å². The Balaban J connectivity index is 1.04. The zero-order valence-corrected chi connectivity index (χ0v) is 34.9. The fourth-order valence-corrected chi connectivity index (χ4v) is 15.4. The van der Waals surface area contributed by atoms with Crippen LogP contribution in [0.25, 0.3) is 0 Å². The lowest BCUT2D eigenvalue weighted by Crippen LogP contribution is -2.74. The van der Waals surface area contributed by atoms with Gasteiger partial charge in [0.05, 0.1) is 18.8 Å². The van der Waals surface area contributed by atoms with Gasteiger partial charge < -0.3 is 59.1 Å². The molecule has 0 aromatic heterocycles. The molecule has 3 aliphatic heterocycles. The standard InChI is InChI=1S/C43H68O14/c1-22(45)52-20-24-30(47)31(48)33(56-34-32(49)29(46)23(19-44)54-34)35(55-24)53-21-38(4)13-8-14-39(5)26(38)11-15-40(6)27(39)9-10-28-41(40,7)17-18-43(51)25-12-16-42(28,43)36(50)57-37(25,2)3/h23-35,44,46-49,51H,8-21H2,1-7H3. The molecule has 19 unspecified atom stereocenters. The van der Waals surface area contributed by atoms with Crippen molar-refractivity contribution in [3.05, 3.63) is 0 Å². The van der Waals surface area contributed by atoms with Gasteiger partial charge in [0, 0.05) is 12.8 Å². The second-order valence-electron chi connectivity index (χ2n) is 21.0. The summed E-state index contributed by atoms with van der Waals surface area (Å²) in [5, 5.41) is 65.7. The van der Waals surface area contributed by atoms with E-state index in [4.69, 9.17) is 28.4 Å². The molecule has 0 aromatic rings. The summed E-state index contributed by atoms with van der Waals surface area (Å²) in [6, 6.07) is 0. The van der Waals surface area contributed by atoms with Crippen molar-refractivity contribution in [1.29, 1.82) is 0 Å². The number of rotatable bonds is 8. The lowest BCUT2D eigenvalue weighted by atomic mass is 9.31. The highest BCUT2D eigenvalue weighted by Gasteiger charge is 2.81. The van der Waals surface area contributed by atoms with Crippen molar-refractivity contribution in [3.63, 3.8) is 0 Å². The molecule has 0 aromatic carbocycles. The molecule has 3 heterocycles. The Morgan fingerprint density at radius 1 is 0.737 bits per heavy atom. The lowest BCUT2D eigenvalue weighted by Gasteiger charge is -2.74. The minimum Gasteiger partial charge on any atom is -0.463 e. The van der Waals surface area contributed by atoms with Crippen molar-refractivity contribution in [2.75, 3.05) is 19.8 Å². The minimum absolute atomic E-state index is 0.0373. The summed E-state index contributed by atoms with van der Waals surface area (Å²) in [4.78, 5) is 26.0. The van der Waals surface area contributed by atoms with Gasteiger partial charge in [-0.05, 0) is 117 Å². The number of carbonyl (C=O) groups excluding carboxylic acids is 2. The summed E-state index contributed by atoms with van der Waals surface area (Å²) >= 11 is 0. The van der Waals surface area contributed by atoms with Crippen LogP contribution in [0, 0.1) is 50.7 Å². The number of fused-ring (bicyclic) bond motifs is 5. The number of hydrogen-bond donors (Lipinski definition) is 6. The molecule has 0 amide bonds. The zero-order valence-electron chi connectivity index (χ0n) is 34.9. The second-order valence-corrected chi connectivity index (χ2v) is 21.0. The molecule has 324 valence electrons. The average molecular weight is 809 g/mol. The van der Waals surface area contributed by atoms with Crippen LogP contribution in [0.5, 0.6) is 0 Å². The highest BCUT2D eigenvalue weighted by molar-refractivity contribution is 5.82. The number of carbonyl (C=O) groups is 2. The molecule has 0 radical (unpaired) electrons. The number of esters is 2. The fourth-order valence-electron chi connectivity index (χ4n) is 15.4. The van der Waals surface area contributed by atoms with Crippen molar-refractivity contribution < 1.29 is 68.6 Å². The van der Waals surface area contributed by atoms with Gasteiger partial charge in [-0.2, -0.15) is 0 Å². The molecule has 14 nitrogen and oxygen atoms in total. The minimum atomic E-state index is -1.60. The fraction of sp³-hybridized carbons (Fsp3) is 0.953. The molecule has 3 saturated heterocycles. The number of ether oxygens (including phenoxy) is 6. The summed E-state index contributed by atoms with van der Waals surface area (Å²) in [6.45, 7) is 14.1. The Kier molecular flexibility index (Phi) is 10.4. The van der Waals surface area contributed by atoms with E-state index < -0.39 is 84.5 Å². The third kappa shape index (κ3) is 5.84. The zero-order chi connectivity index (χ0) is 41.3. The summed E-state index contributed by atoms with van der Waals surface area (Å²) in [6.07, 6.45) is -2.76. The summed E-state index contributed by atoms with van der Waals surface area (Å²) in [7, 11) is 0. The molecule has 2 bridgehead atoms. The number of aliphatic hydroxyl groups excluding tert-OH is 5. The Morgan fingerprint density at radius 2 is 1.39 bits per heavy atom. The molecule has 5 saturated carbocycles. The van der Waals surface area contributed by atoms with Crippen LogP contribution < -0.4 is 0 Å². The van der Waals surface area contributed by atoms with Crippen LogP contribution in [-0.2, 0) is 38.0 Å². The van der Waals surface area contributed by atoms with Crippen LogP contribution in [0.15, 0.2) is 0 Å². The van der Waals surface area contributed by atoms with Crippen LogP contribution in [0.1, 0.15) is 119 Å². The van der Waals surface area contributed by atoms with Gasteiger partial charge in [-0.1, -0.05) is 34.1 Å². The summed E-state index contributed by atoms with van der Waals surface area (Å²) in [5.74, 6) is -0.161. The number of aliphatic hydroxyl groups is 6. The first-order valence-electron chi connectivity index (χ1n) is 21.6. The van der Waals surface area contributed by atoms with Gasteiger partial charge in [0.1, 0.15) is 60.4 Å². The normalized spacial score (nSPS) is 55.2. The number of cyclic esters (lactones) is 1. The average Bonchev–Trinajstić information content (AvgIpc) is 3.58. The molecular formula is C43H68O14. The summed E-state index contributed by atoms with van der Waals surface area (Å²) in [5.41, 5.74) is -3.22. The monoisotopic (exact) mass is 808 g/mol. The predicted octanol–water partition coefficient (Wildman–Crippen LogP) is 2.74. The van der Waals surface area contributed by atoms with Gasteiger partial charge in [0.2, 0.25) is 0 Å². The molecule has 8 rings (SSSR count). The third-order valence-electron chi connectivity index (χ3n) is 18.3. The van der Waals surface area contributed by atoms with E-state index in [0.717, 1.165) is 57.8 Å². The first-order valence-corrected chi connectivity index (χ1v) is 21.6. The molecule has 8 aliphatic rings. The maximum atomic E-state index is 14.3. The first kappa shape index (κ1) is 42.2. The van der Waals surface area contributed by atoms with Crippen molar-refractivity contribution in [2.24, 2.45) is 50.7 Å². The van der Waals surface area contributed by atoms with Gasteiger partial charge in [-0.15, -0.1) is 0 Å². The molecule has 0 spiro atoms. The summed E-state index contributed by atoms with van der Waals surface area (Å²) < 4.78 is 35.8. The van der Waals surface area contributed by atoms with E-state index in [1.54, 1.807) is 0 Å². The Hall–Kier alpha value is -1.46. The maximum Gasteiger partial charge on any atom is 0.315 e. The number of hydrogen-bond acceptors (Lipinski definition) is 14. The van der Waals surface area contributed by atoms with Gasteiger partial charge in [0.15, 0.2) is 12.6 Å². The van der Waals surface area contributed by atoms with Crippen molar-refractivity contribution >= 4 is 11.9 Å². The van der Waals surface area contributed by atoms with E-state index in [1.807, 2.05) is 13.8 Å². The van der Waals surface area contributed by atoms with E-state index >= 15 is 0 Å².